The van der Waals surface area contributed by atoms with Crippen molar-refractivity contribution in [1.29, 1.82) is 0 Å². The highest BCUT2D eigenvalue weighted by Crippen LogP contribution is 2.27. The molecule has 2 aromatic rings. The number of fused-ring (bicyclic) bond motifs is 1. The fourth-order valence-electron chi connectivity index (χ4n) is 3.76. The van der Waals surface area contributed by atoms with Crippen LogP contribution in [0.25, 0.3) is 10.8 Å². The number of benzene rings is 2. The number of hydrogen-bond acceptors (Lipinski definition) is 2. The van der Waals surface area contributed by atoms with E-state index in [2.05, 4.69) is 79.0 Å². The molecule has 0 radical (unpaired) electrons. The second kappa shape index (κ2) is 7.35. The van der Waals surface area contributed by atoms with E-state index in [1.165, 1.54) is 16.3 Å². The molecule has 3 rings (SSSR count). The van der Waals surface area contributed by atoms with Gasteiger partial charge in [-0.15, -0.1) is 0 Å². The summed E-state index contributed by atoms with van der Waals surface area (Å²) in [4.78, 5) is 2.32. The molecule has 0 bridgehead atoms. The van der Waals surface area contributed by atoms with Crippen molar-refractivity contribution >= 4 is 17.1 Å². The van der Waals surface area contributed by atoms with Gasteiger partial charge in [0.05, 0.1) is 6.61 Å². The predicted octanol–water partition coefficient (Wildman–Crippen LogP) is 3.66. The molecule has 2 aromatic carbocycles. The summed E-state index contributed by atoms with van der Waals surface area (Å²) >= 11 is 0. The Kier molecular flexibility index (Phi) is 5.20. The predicted molar refractivity (Wildman–Crippen MR) is 101 cm³/mol. The first-order valence-corrected chi connectivity index (χ1v) is 9.05. The average molecular weight is 325 g/mol. The van der Waals surface area contributed by atoms with Crippen molar-refractivity contribution in [3.8, 4) is 0 Å². The lowest BCUT2D eigenvalue weighted by atomic mass is 9.99. The first-order valence-electron chi connectivity index (χ1n) is 9.05. The molecule has 0 aliphatic carbocycles. The van der Waals surface area contributed by atoms with Gasteiger partial charge in [-0.25, -0.2) is 0 Å². The molecule has 0 saturated heterocycles. The van der Waals surface area contributed by atoms with Gasteiger partial charge in [0.2, 0.25) is 6.34 Å². The quantitative estimate of drug-likeness (QED) is 0.820. The average Bonchev–Trinajstić information content (AvgIpc) is 3.08. The molecule has 1 N–H and O–H groups in total. The van der Waals surface area contributed by atoms with E-state index in [1.807, 2.05) is 0 Å². The van der Waals surface area contributed by atoms with E-state index in [9.17, 15) is 5.11 Å². The van der Waals surface area contributed by atoms with Crippen LogP contribution in [0.1, 0.15) is 38.8 Å². The van der Waals surface area contributed by atoms with Gasteiger partial charge >= 0.3 is 0 Å². The summed E-state index contributed by atoms with van der Waals surface area (Å²) < 4.78 is 2.41. The summed E-state index contributed by atoms with van der Waals surface area (Å²) in [7, 11) is 0. The number of aliphatic hydroxyl groups excluding tert-OH is 1. The van der Waals surface area contributed by atoms with E-state index in [0.717, 1.165) is 19.5 Å². The third-order valence-corrected chi connectivity index (χ3v) is 5.11. The van der Waals surface area contributed by atoms with Crippen molar-refractivity contribution in [2.24, 2.45) is 5.92 Å². The largest absolute Gasteiger partial charge is 0.392 e. The third-order valence-electron chi connectivity index (χ3n) is 5.11. The zero-order valence-electron chi connectivity index (χ0n) is 15.0. The molecule has 24 heavy (non-hydrogen) atoms. The molecule has 0 fully saturated rings. The van der Waals surface area contributed by atoms with Crippen molar-refractivity contribution in [2.45, 2.75) is 39.3 Å². The molecule has 3 heteroatoms. The Morgan fingerprint density at radius 3 is 2.58 bits per heavy atom. The first kappa shape index (κ1) is 17.0. The second-order valence-corrected chi connectivity index (χ2v) is 7.30. The Hall–Kier alpha value is -1.87. The van der Waals surface area contributed by atoms with Gasteiger partial charge in [-0.1, -0.05) is 56.3 Å². The maximum absolute atomic E-state index is 9.74. The summed E-state index contributed by atoms with van der Waals surface area (Å²) in [6, 6.07) is 15.7. The van der Waals surface area contributed by atoms with E-state index in [4.69, 9.17) is 0 Å². The van der Waals surface area contributed by atoms with Gasteiger partial charge in [0.1, 0.15) is 25.2 Å². The van der Waals surface area contributed by atoms with Crippen molar-refractivity contribution in [2.75, 3.05) is 19.7 Å². The molecule has 2 atom stereocenters. The highest BCUT2D eigenvalue weighted by Gasteiger charge is 2.30. The van der Waals surface area contributed by atoms with Crippen LogP contribution < -0.4 is 0 Å². The van der Waals surface area contributed by atoms with Crippen LogP contribution >= 0.6 is 0 Å². The number of rotatable bonds is 6. The lowest BCUT2D eigenvalue weighted by Crippen LogP contribution is -2.36. The zero-order chi connectivity index (χ0) is 17.1. The number of aliphatic hydroxyl groups is 1. The maximum atomic E-state index is 9.74. The molecule has 128 valence electrons. The molecule has 0 spiro atoms. The molecular formula is C21H29N2O+. The smallest absolute Gasteiger partial charge is 0.235 e. The molecule has 1 aliphatic rings. The maximum Gasteiger partial charge on any atom is 0.235 e. The Labute approximate surface area is 145 Å². The van der Waals surface area contributed by atoms with Gasteiger partial charge in [0, 0.05) is 5.56 Å². The summed E-state index contributed by atoms with van der Waals surface area (Å²) in [6.07, 6.45) is 3.26. The minimum atomic E-state index is 0.227. The van der Waals surface area contributed by atoms with Crippen LogP contribution in [-0.4, -0.2) is 46.7 Å². The normalized spacial score (nSPS) is 17.4. The van der Waals surface area contributed by atoms with Crippen LogP contribution in [0.5, 0.6) is 0 Å². The van der Waals surface area contributed by atoms with Crippen LogP contribution in [-0.2, 0) is 0 Å². The third kappa shape index (κ3) is 3.46. The molecular weight excluding hydrogens is 296 g/mol. The van der Waals surface area contributed by atoms with Crippen molar-refractivity contribution in [3.63, 3.8) is 0 Å². The summed E-state index contributed by atoms with van der Waals surface area (Å²) in [5.74, 6) is 0.597. The van der Waals surface area contributed by atoms with Gasteiger partial charge in [-0.2, -0.15) is 0 Å². The van der Waals surface area contributed by atoms with E-state index >= 15 is 0 Å². The number of hydrogen-bond donors (Lipinski definition) is 1. The first-order chi connectivity index (χ1) is 11.6. The number of nitrogens with zero attached hydrogens (tertiary/aromatic N) is 2. The Morgan fingerprint density at radius 2 is 1.83 bits per heavy atom. The summed E-state index contributed by atoms with van der Waals surface area (Å²) in [5.41, 5.74) is 1.37. The van der Waals surface area contributed by atoms with Crippen molar-refractivity contribution in [1.82, 2.24) is 4.90 Å². The standard InChI is InChI=1S/C21H29N2O/c1-16(2)13-19(14-24)23-12-11-22(15-23)17(3)20-10-6-8-18-7-4-5-9-21(18)20/h4-10,15-17,19,24H,11-14H2,1-3H3/q+1/t17-,19-/m0/s1. The SMILES string of the molecule is CC(C)C[C@@H](CO)N1C=[N+]([C@@H](C)c2cccc3ccccc23)CC1. The molecule has 0 unspecified atom stereocenters. The zero-order valence-corrected chi connectivity index (χ0v) is 15.0. The minimum Gasteiger partial charge on any atom is -0.392 e. The second-order valence-electron chi connectivity index (χ2n) is 7.30. The van der Waals surface area contributed by atoms with Crippen LogP contribution in [0.3, 0.4) is 0 Å². The molecule has 3 nitrogen and oxygen atoms in total. The molecule has 0 aromatic heterocycles. The van der Waals surface area contributed by atoms with Crippen molar-refractivity contribution in [3.05, 3.63) is 48.0 Å². The lowest BCUT2D eigenvalue weighted by molar-refractivity contribution is -0.555. The minimum absolute atomic E-state index is 0.227. The molecule has 0 amide bonds. The van der Waals surface area contributed by atoms with Gasteiger partial charge in [-0.05, 0) is 30.0 Å². The Morgan fingerprint density at radius 1 is 1.08 bits per heavy atom. The summed E-state index contributed by atoms with van der Waals surface area (Å²) in [6.45, 7) is 8.94. The van der Waals surface area contributed by atoms with Crippen LogP contribution in [0, 0.1) is 5.92 Å². The Bertz CT molecular complexity index is 717. The topological polar surface area (TPSA) is 26.5 Å². The fraction of sp³-hybridized carbons (Fsp3) is 0.476. The summed E-state index contributed by atoms with van der Waals surface area (Å²) in [5, 5.41) is 12.4. The van der Waals surface area contributed by atoms with Crippen molar-refractivity contribution < 1.29 is 9.68 Å². The van der Waals surface area contributed by atoms with Crippen LogP contribution in [0.2, 0.25) is 0 Å². The van der Waals surface area contributed by atoms with Gasteiger partial charge in [-0.3, -0.25) is 9.48 Å². The molecule has 1 heterocycles. The monoisotopic (exact) mass is 325 g/mol. The van der Waals surface area contributed by atoms with Gasteiger partial charge in [0.15, 0.2) is 0 Å². The van der Waals surface area contributed by atoms with E-state index in [1.54, 1.807) is 0 Å². The highest BCUT2D eigenvalue weighted by molar-refractivity contribution is 5.85. The lowest BCUT2D eigenvalue weighted by Gasteiger charge is -2.20. The van der Waals surface area contributed by atoms with Crippen LogP contribution in [0.15, 0.2) is 42.5 Å². The van der Waals surface area contributed by atoms with E-state index < -0.39 is 0 Å². The van der Waals surface area contributed by atoms with E-state index in [-0.39, 0.29) is 12.6 Å². The van der Waals surface area contributed by atoms with Gasteiger partial charge < -0.3 is 5.11 Å². The molecule has 0 saturated carbocycles. The molecule has 1 aliphatic heterocycles. The van der Waals surface area contributed by atoms with E-state index in [0.29, 0.717) is 12.0 Å². The fourth-order valence-corrected chi connectivity index (χ4v) is 3.76. The van der Waals surface area contributed by atoms with Gasteiger partial charge in [0.25, 0.3) is 0 Å². The highest BCUT2D eigenvalue weighted by atomic mass is 16.3. The van der Waals surface area contributed by atoms with Crippen LogP contribution in [0.4, 0.5) is 0 Å². The Balaban J connectivity index is 1.84.